The predicted molar refractivity (Wildman–Crippen MR) is 119 cm³/mol. The Morgan fingerprint density at radius 2 is 2.00 bits per heavy atom. The zero-order valence-corrected chi connectivity index (χ0v) is 19.1. The third-order valence-corrected chi connectivity index (χ3v) is 6.38. The second-order valence-electron chi connectivity index (χ2n) is 5.98. The van der Waals surface area contributed by atoms with Gasteiger partial charge in [0.05, 0.1) is 10.8 Å². The molecule has 0 bridgehead atoms. The van der Waals surface area contributed by atoms with Crippen molar-refractivity contribution in [2.45, 2.75) is 25.5 Å². The SMILES string of the molecule is CCn1c(SCC(=O)Nc2ccc(Br)c(C)c2)nnc1-c1ccc(Cl)cc1Cl. The average Bonchev–Trinajstić information content (AvgIpc) is 3.05. The maximum atomic E-state index is 12.3. The molecule has 0 aliphatic heterocycles. The van der Waals surface area contributed by atoms with Crippen LogP contribution in [0.3, 0.4) is 0 Å². The Hall–Kier alpha value is -1.54. The lowest BCUT2D eigenvalue weighted by molar-refractivity contribution is -0.113. The topological polar surface area (TPSA) is 59.8 Å². The number of amides is 1. The van der Waals surface area contributed by atoms with Gasteiger partial charge in [-0.15, -0.1) is 10.2 Å². The summed E-state index contributed by atoms with van der Waals surface area (Å²) in [5.41, 5.74) is 2.57. The van der Waals surface area contributed by atoms with Crippen molar-refractivity contribution in [2.75, 3.05) is 11.1 Å². The second-order valence-corrected chi connectivity index (χ2v) is 8.62. The van der Waals surface area contributed by atoms with E-state index in [0.717, 1.165) is 21.3 Å². The van der Waals surface area contributed by atoms with E-state index in [-0.39, 0.29) is 11.7 Å². The molecule has 0 atom stereocenters. The predicted octanol–water partition coefficient (Wildman–Crippen LogP) is 6.07. The van der Waals surface area contributed by atoms with Gasteiger partial charge < -0.3 is 9.88 Å². The van der Waals surface area contributed by atoms with E-state index in [2.05, 4.69) is 31.4 Å². The van der Waals surface area contributed by atoms with E-state index in [4.69, 9.17) is 23.2 Å². The maximum absolute atomic E-state index is 12.3. The fourth-order valence-corrected chi connectivity index (χ4v) is 4.14. The fraction of sp³-hybridized carbons (Fsp3) is 0.211. The van der Waals surface area contributed by atoms with E-state index in [1.807, 2.05) is 42.7 Å². The quantitative estimate of drug-likeness (QED) is 0.418. The molecule has 2 aromatic carbocycles. The number of nitrogens with zero attached hydrogens (tertiary/aromatic N) is 3. The highest BCUT2D eigenvalue weighted by Crippen LogP contribution is 2.31. The molecular formula is C19H17BrCl2N4OS. The first-order chi connectivity index (χ1) is 13.4. The van der Waals surface area contributed by atoms with Crippen molar-refractivity contribution in [1.29, 1.82) is 0 Å². The first-order valence-corrected chi connectivity index (χ1v) is 11.0. The summed E-state index contributed by atoms with van der Waals surface area (Å²) in [4.78, 5) is 12.3. The van der Waals surface area contributed by atoms with Crippen molar-refractivity contribution in [3.8, 4) is 11.4 Å². The summed E-state index contributed by atoms with van der Waals surface area (Å²) in [7, 11) is 0. The number of carbonyl (C=O) groups is 1. The molecule has 146 valence electrons. The van der Waals surface area contributed by atoms with Crippen molar-refractivity contribution < 1.29 is 4.79 Å². The monoisotopic (exact) mass is 498 g/mol. The number of anilines is 1. The molecular weight excluding hydrogens is 483 g/mol. The normalized spacial score (nSPS) is 10.9. The zero-order valence-electron chi connectivity index (χ0n) is 15.2. The number of aryl methyl sites for hydroxylation is 1. The molecule has 9 heteroatoms. The molecule has 0 radical (unpaired) electrons. The summed E-state index contributed by atoms with van der Waals surface area (Å²) < 4.78 is 2.93. The molecule has 0 saturated heterocycles. The number of aromatic nitrogens is 3. The van der Waals surface area contributed by atoms with Gasteiger partial charge in [-0.3, -0.25) is 4.79 Å². The number of thioether (sulfide) groups is 1. The first kappa shape index (κ1) is 21.2. The minimum Gasteiger partial charge on any atom is -0.325 e. The summed E-state index contributed by atoms with van der Waals surface area (Å²) in [5, 5.41) is 13.1. The Balaban J connectivity index is 1.71. The molecule has 1 amide bonds. The van der Waals surface area contributed by atoms with E-state index in [0.29, 0.717) is 27.6 Å². The number of carbonyl (C=O) groups excluding carboxylic acids is 1. The Morgan fingerprint density at radius 3 is 2.68 bits per heavy atom. The van der Waals surface area contributed by atoms with Crippen LogP contribution in [-0.2, 0) is 11.3 Å². The van der Waals surface area contributed by atoms with Crippen LogP contribution in [0.1, 0.15) is 12.5 Å². The van der Waals surface area contributed by atoms with Gasteiger partial charge in [-0.05, 0) is 55.8 Å². The third kappa shape index (κ3) is 4.89. The molecule has 0 unspecified atom stereocenters. The summed E-state index contributed by atoms with van der Waals surface area (Å²) in [6, 6.07) is 10.9. The van der Waals surface area contributed by atoms with E-state index >= 15 is 0 Å². The van der Waals surface area contributed by atoms with E-state index < -0.39 is 0 Å². The molecule has 3 aromatic rings. The molecule has 0 aliphatic rings. The van der Waals surface area contributed by atoms with Crippen molar-refractivity contribution in [3.05, 3.63) is 56.5 Å². The van der Waals surface area contributed by atoms with Crippen molar-refractivity contribution >= 4 is 62.5 Å². The van der Waals surface area contributed by atoms with Crippen LogP contribution in [0.25, 0.3) is 11.4 Å². The van der Waals surface area contributed by atoms with Gasteiger partial charge in [0.2, 0.25) is 5.91 Å². The second kappa shape index (κ2) is 9.31. The van der Waals surface area contributed by atoms with Crippen LogP contribution in [0.15, 0.2) is 46.0 Å². The summed E-state index contributed by atoms with van der Waals surface area (Å²) >= 11 is 17.1. The maximum Gasteiger partial charge on any atom is 0.234 e. The highest BCUT2D eigenvalue weighted by Gasteiger charge is 2.17. The van der Waals surface area contributed by atoms with Crippen molar-refractivity contribution in [1.82, 2.24) is 14.8 Å². The minimum atomic E-state index is -0.108. The fourth-order valence-electron chi connectivity index (χ4n) is 2.60. The molecule has 5 nitrogen and oxygen atoms in total. The van der Waals surface area contributed by atoms with Crippen LogP contribution in [0.4, 0.5) is 5.69 Å². The van der Waals surface area contributed by atoms with Crippen LogP contribution < -0.4 is 5.32 Å². The van der Waals surface area contributed by atoms with E-state index in [9.17, 15) is 4.79 Å². The van der Waals surface area contributed by atoms with Gasteiger partial charge in [0.25, 0.3) is 0 Å². The lowest BCUT2D eigenvalue weighted by Gasteiger charge is -2.09. The van der Waals surface area contributed by atoms with Gasteiger partial charge in [-0.1, -0.05) is 50.9 Å². The van der Waals surface area contributed by atoms with Crippen LogP contribution >= 0.6 is 50.9 Å². The molecule has 0 saturated carbocycles. The van der Waals surface area contributed by atoms with Crippen molar-refractivity contribution in [2.24, 2.45) is 0 Å². The molecule has 0 aliphatic carbocycles. The molecule has 0 fully saturated rings. The highest BCUT2D eigenvalue weighted by atomic mass is 79.9. The Kier molecular flexibility index (Phi) is 7.04. The Labute approximate surface area is 186 Å². The summed E-state index contributed by atoms with van der Waals surface area (Å²) in [5.74, 6) is 0.765. The first-order valence-electron chi connectivity index (χ1n) is 8.46. The minimum absolute atomic E-state index is 0.108. The van der Waals surface area contributed by atoms with Gasteiger partial charge in [0.1, 0.15) is 0 Å². The largest absolute Gasteiger partial charge is 0.325 e. The van der Waals surface area contributed by atoms with Crippen LogP contribution in [-0.4, -0.2) is 26.4 Å². The third-order valence-electron chi connectivity index (χ3n) is 3.98. The van der Waals surface area contributed by atoms with Crippen molar-refractivity contribution in [3.63, 3.8) is 0 Å². The summed E-state index contributed by atoms with van der Waals surface area (Å²) in [6.45, 7) is 4.62. The molecule has 1 N–H and O–H groups in total. The van der Waals surface area contributed by atoms with Gasteiger partial charge >= 0.3 is 0 Å². The standard InChI is InChI=1S/C19H17BrCl2N4OS/c1-3-26-18(14-6-4-12(21)9-16(14)22)24-25-19(26)28-10-17(27)23-13-5-7-15(20)11(2)8-13/h4-9H,3,10H2,1-2H3,(H,23,27). The summed E-state index contributed by atoms with van der Waals surface area (Å²) in [6.07, 6.45) is 0. The van der Waals surface area contributed by atoms with Gasteiger partial charge in [0, 0.05) is 27.3 Å². The molecule has 0 spiro atoms. The van der Waals surface area contributed by atoms with Gasteiger partial charge in [-0.2, -0.15) is 0 Å². The Bertz CT molecular complexity index is 1030. The number of hydrogen-bond acceptors (Lipinski definition) is 4. The van der Waals surface area contributed by atoms with E-state index in [1.54, 1.807) is 12.1 Å². The van der Waals surface area contributed by atoms with Crippen LogP contribution in [0.5, 0.6) is 0 Å². The highest BCUT2D eigenvalue weighted by molar-refractivity contribution is 9.10. The number of hydrogen-bond donors (Lipinski definition) is 1. The lowest BCUT2D eigenvalue weighted by Crippen LogP contribution is -2.14. The van der Waals surface area contributed by atoms with E-state index in [1.165, 1.54) is 11.8 Å². The molecule has 1 aromatic heterocycles. The lowest BCUT2D eigenvalue weighted by atomic mass is 10.2. The number of rotatable bonds is 6. The van der Waals surface area contributed by atoms with Gasteiger partial charge in [-0.25, -0.2) is 0 Å². The number of benzene rings is 2. The zero-order chi connectivity index (χ0) is 20.3. The number of halogens is 3. The molecule has 1 heterocycles. The average molecular weight is 500 g/mol. The smallest absolute Gasteiger partial charge is 0.234 e. The van der Waals surface area contributed by atoms with Gasteiger partial charge in [0.15, 0.2) is 11.0 Å². The van der Waals surface area contributed by atoms with Crippen LogP contribution in [0.2, 0.25) is 10.0 Å². The molecule has 3 rings (SSSR count). The molecule has 28 heavy (non-hydrogen) atoms. The number of nitrogens with one attached hydrogen (secondary N) is 1. The Morgan fingerprint density at radius 1 is 1.21 bits per heavy atom. The van der Waals surface area contributed by atoms with Crippen LogP contribution in [0, 0.1) is 6.92 Å².